The molecule has 0 atom stereocenters. The molecule has 0 saturated carbocycles. The van der Waals surface area contributed by atoms with E-state index in [4.69, 9.17) is 16.3 Å². The highest BCUT2D eigenvalue weighted by Gasteiger charge is 2.25. The minimum Gasteiger partial charge on any atom is -0.383 e. The second-order valence-electron chi connectivity index (χ2n) is 6.22. The number of hydrogen-bond acceptors (Lipinski definition) is 5. The minimum absolute atomic E-state index is 0.0161. The van der Waals surface area contributed by atoms with Crippen molar-refractivity contribution in [3.8, 4) is 0 Å². The summed E-state index contributed by atoms with van der Waals surface area (Å²) >= 11 is 5.83. The molecule has 0 aliphatic rings. The molecule has 0 bridgehead atoms. The van der Waals surface area contributed by atoms with Gasteiger partial charge in [0.25, 0.3) is 10.0 Å². The van der Waals surface area contributed by atoms with E-state index in [0.717, 1.165) is 4.31 Å². The summed E-state index contributed by atoms with van der Waals surface area (Å²) in [6, 6.07) is 8.80. The van der Waals surface area contributed by atoms with Gasteiger partial charge in [0.05, 0.1) is 22.1 Å². The van der Waals surface area contributed by atoms with Gasteiger partial charge in [-0.25, -0.2) is 21.6 Å². The van der Waals surface area contributed by atoms with Crippen LogP contribution in [0.15, 0.2) is 46.2 Å². The molecule has 0 spiro atoms. The Labute approximate surface area is 171 Å². The smallest absolute Gasteiger partial charge is 0.264 e. The maximum atomic E-state index is 13.0. The summed E-state index contributed by atoms with van der Waals surface area (Å²) in [6.07, 6.45) is 0. The summed E-state index contributed by atoms with van der Waals surface area (Å²) in [5.74, 6) is 0. The number of benzene rings is 2. The van der Waals surface area contributed by atoms with Crippen LogP contribution in [0.25, 0.3) is 0 Å². The lowest BCUT2D eigenvalue weighted by Gasteiger charge is -2.23. The van der Waals surface area contributed by atoms with Crippen molar-refractivity contribution < 1.29 is 21.6 Å². The van der Waals surface area contributed by atoms with E-state index in [1.807, 2.05) is 0 Å². The molecule has 0 radical (unpaired) electrons. The zero-order valence-corrected chi connectivity index (χ0v) is 18.5. The van der Waals surface area contributed by atoms with Gasteiger partial charge in [0.2, 0.25) is 10.0 Å². The van der Waals surface area contributed by atoms with Crippen LogP contribution in [0.2, 0.25) is 5.02 Å². The lowest BCUT2D eigenvalue weighted by Crippen LogP contribution is -2.30. The third-order valence-electron chi connectivity index (χ3n) is 4.19. The molecule has 0 saturated heterocycles. The van der Waals surface area contributed by atoms with Gasteiger partial charge < -0.3 is 4.74 Å². The van der Waals surface area contributed by atoms with Crippen LogP contribution in [-0.2, 0) is 24.8 Å². The third-order valence-corrected chi connectivity index (χ3v) is 7.83. The highest BCUT2D eigenvalue weighted by Crippen LogP contribution is 2.30. The fourth-order valence-electron chi connectivity index (χ4n) is 2.70. The van der Waals surface area contributed by atoms with Gasteiger partial charge in [-0.1, -0.05) is 17.7 Å². The van der Waals surface area contributed by atoms with Crippen LogP contribution in [0.5, 0.6) is 0 Å². The summed E-state index contributed by atoms with van der Waals surface area (Å²) in [5.41, 5.74) is 1.42. The highest BCUT2D eigenvalue weighted by molar-refractivity contribution is 7.92. The molecule has 10 heteroatoms. The number of hydrogen-bond donors (Lipinski definition) is 1. The zero-order valence-electron chi connectivity index (χ0n) is 16.1. The van der Waals surface area contributed by atoms with Gasteiger partial charge >= 0.3 is 0 Å². The van der Waals surface area contributed by atoms with Crippen LogP contribution in [0.4, 0.5) is 5.69 Å². The number of halogens is 1. The molecule has 0 aliphatic carbocycles. The number of anilines is 1. The number of rotatable bonds is 8. The van der Waals surface area contributed by atoms with E-state index in [2.05, 4.69) is 4.72 Å². The maximum absolute atomic E-state index is 13.0. The highest BCUT2D eigenvalue weighted by atomic mass is 35.5. The van der Waals surface area contributed by atoms with Crippen molar-refractivity contribution in [1.29, 1.82) is 0 Å². The number of ether oxygens (including phenoxy) is 1. The molecule has 0 aliphatic heterocycles. The average Bonchev–Trinajstić information content (AvgIpc) is 2.61. The Balaban J connectivity index is 2.49. The summed E-state index contributed by atoms with van der Waals surface area (Å²) in [7, 11) is -4.85. The Kier molecular flexibility index (Phi) is 7.11. The molecule has 7 nitrogen and oxygen atoms in total. The second-order valence-corrected chi connectivity index (χ2v) is 10.4. The molecular formula is C18H23ClN2O5S2. The Morgan fingerprint density at radius 1 is 1.04 bits per heavy atom. The van der Waals surface area contributed by atoms with Crippen molar-refractivity contribution in [1.82, 2.24) is 4.72 Å². The summed E-state index contributed by atoms with van der Waals surface area (Å²) in [6.45, 7) is 3.72. The summed E-state index contributed by atoms with van der Waals surface area (Å²) in [5, 5.41) is 0.420. The first-order chi connectivity index (χ1) is 13.0. The van der Waals surface area contributed by atoms with Gasteiger partial charge in [-0.2, -0.15) is 0 Å². The fraction of sp³-hybridized carbons (Fsp3) is 0.333. The van der Waals surface area contributed by atoms with Gasteiger partial charge in [0, 0.05) is 25.7 Å². The van der Waals surface area contributed by atoms with Crippen LogP contribution in [0, 0.1) is 13.8 Å². The quantitative estimate of drug-likeness (QED) is 0.629. The van der Waals surface area contributed by atoms with Crippen LogP contribution in [-0.4, -0.2) is 44.1 Å². The van der Waals surface area contributed by atoms with Gasteiger partial charge in [-0.3, -0.25) is 4.31 Å². The van der Waals surface area contributed by atoms with Gasteiger partial charge in [0.15, 0.2) is 0 Å². The predicted molar refractivity (Wildman–Crippen MR) is 110 cm³/mol. The Morgan fingerprint density at radius 3 is 2.21 bits per heavy atom. The van der Waals surface area contributed by atoms with Gasteiger partial charge in [0.1, 0.15) is 0 Å². The molecule has 0 heterocycles. The SMILES string of the molecule is COCCNS(=O)(=O)c1cc(N(C)S(=O)(=O)c2ccc(Cl)cc2)c(C)cc1C. The molecule has 0 fully saturated rings. The number of methoxy groups -OCH3 is 1. The number of nitrogens with zero attached hydrogens (tertiary/aromatic N) is 1. The van der Waals surface area contributed by atoms with Gasteiger partial charge in [-0.05, 0) is 55.3 Å². The lowest BCUT2D eigenvalue weighted by atomic mass is 10.1. The molecule has 1 N–H and O–H groups in total. The normalized spacial score (nSPS) is 12.2. The Bertz CT molecular complexity index is 1050. The molecule has 0 aromatic heterocycles. The topological polar surface area (TPSA) is 92.8 Å². The number of nitrogens with one attached hydrogen (secondary N) is 1. The minimum atomic E-state index is -3.89. The van der Waals surface area contributed by atoms with Crippen LogP contribution < -0.4 is 9.03 Å². The molecule has 0 amide bonds. The van der Waals surface area contributed by atoms with Crippen molar-refractivity contribution in [2.75, 3.05) is 31.6 Å². The Hall–Kier alpha value is -1.65. The van der Waals surface area contributed by atoms with Gasteiger partial charge in [-0.15, -0.1) is 0 Å². The fourth-order valence-corrected chi connectivity index (χ4v) is 5.34. The third kappa shape index (κ3) is 4.84. The molecule has 2 aromatic rings. The van der Waals surface area contributed by atoms with Crippen LogP contribution in [0.3, 0.4) is 0 Å². The first kappa shape index (κ1) is 22.6. The van der Waals surface area contributed by atoms with E-state index < -0.39 is 20.0 Å². The van der Waals surface area contributed by atoms with E-state index in [-0.39, 0.29) is 28.6 Å². The molecule has 2 rings (SSSR count). The summed E-state index contributed by atoms with van der Waals surface area (Å²) in [4.78, 5) is 0.0735. The van der Waals surface area contributed by atoms with Crippen molar-refractivity contribution >= 4 is 37.3 Å². The molecule has 154 valence electrons. The monoisotopic (exact) mass is 446 g/mol. The van der Waals surface area contributed by atoms with E-state index >= 15 is 0 Å². The van der Waals surface area contributed by atoms with Crippen LogP contribution >= 0.6 is 11.6 Å². The van der Waals surface area contributed by atoms with Crippen LogP contribution in [0.1, 0.15) is 11.1 Å². The molecule has 0 unspecified atom stereocenters. The maximum Gasteiger partial charge on any atom is 0.264 e. The van der Waals surface area contributed by atoms with E-state index in [9.17, 15) is 16.8 Å². The van der Waals surface area contributed by atoms with Crippen molar-refractivity contribution in [2.45, 2.75) is 23.6 Å². The molecular weight excluding hydrogens is 424 g/mol. The summed E-state index contributed by atoms with van der Waals surface area (Å²) < 4.78 is 59.5. The average molecular weight is 447 g/mol. The number of aryl methyl sites for hydroxylation is 2. The van der Waals surface area contributed by atoms with E-state index in [1.54, 1.807) is 19.9 Å². The Morgan fingerprint density at radius 2 is 1.64 bits per heavy atom. The first-order valence-corrected chi connectivity index (χ1v) is 11.6. The lowest BCUT2D eigenvalue weighted by molar-refractivity contribution is 0.204. The van der Waals surface area contributed by atoms with E-state index in [0.29, 0.717) is 16.1 Å². The van der Waals surface area contributed by atoms with Crippen molar-refractivity contribution in [3.05, 3.63) is 52.5 Å². The largest absolute Gasteiger partial charge is 0.383 e. The van der Waals surface area contributed by atoms with E-state index in [1.165, 1.54) is 44.5 Å². The first-order valence-electron chi connectivity index (χ1n) is 8.35. The number of sulfonamides is 2. The molecule has 28 heavy (non-hydrogen) atoms. The standard InChI is InChI=1S/C18H23ClN2O5S2/c1-13-11-14(2)18(27(22,23)20-9-10-26-4)12-17(13)21(3)28(24,25)16-7-5-15(19)6-8-16/h5-8,11-12,20H,9-10H2,1-4H3. The predicted octanol–water partition coefficient (Wildman–Crippen LogP) is 2.71. The molecule has 2 aromatic carbocycles. The second kappa shape index (κ2) is 8.79. The zero-order chi connectivity index (χ0) is 21.1. The van der Waals surface area contributed by atoms with Crippen molar-refractivity contribution in [3.63, 3.8) is 0 Å². The van der Waals surface area contributed by atoms with Crippen molar-refractivity contribution in [2.24, 2.45) is 0 Å².